The second-order valence-electron chi connectivity index (χ2n) is 7.32. The van der Waals surface area contributed by atoms with E-state index >= 15 is 0 Å². The van der Waals surface area contributed by atoms with E-state index in [1.54, 1.807) is 24.3 Å². The molecule has 0 spiro atoms. The first-order chi connectivity index (χ1) is 12.6. The number of benzene rings is 1. The lowest BCUT2D eigenvalue weighted by Gasteiger charge is -2.23. The predicted molar refractivity (Wildman–Crippen MR) is 106 cm³/mol. The van der Waals surface area contributed by atoms with Crippen molar-refractivity contribution in [3.05, 3.63) is 29.3 Å². The second-order valence-corrected chi connectivity index (χ2v) is 7.75. The lowest BCUT2D eigenvalue weighted by Crippen LogP contribution is -2.53. The highest BCUT2D eigenvalue weighted by Crippen LogP contribution is 2.14. The van der Waals surface area contributed by atoms with Gasteiger partial charge in [-0.25, -0.2) is 9.59 Å². The molecule has 4 N–H and O–H groups in total. The van der Waals surface area contributed by atoms with Crippen molar-refractivity contribution < 1.29 is 19.5 Å². The van der Waals surface area contributed by atoms with Gasteiger partial charge in [0.25, 0.3) is 0 Å². The van der Waals surface area contributed by atoms with Crippen LogP contribution in [0.25, 0.3) is 0 Å². The summed E-state index contributed by atoms with van der Waals surface area (Å²) in [5, 5.41) is 17.6. The van der Waals surface area contributed by atoms with Gasteiger partial charge in [-0.1, -0.05) is 39.3 Å². The number of rotatable bonds is 9. The monoisotopic (exact) mass is 397 g/mol. The molecule has 7 nitrogen and oxygen atoms in total. The zero-order chi connectivity index (χ0) is 20.6. The number of anilines is 1. The van der Waals surface area contributed by atoms with E-state index in [1.807, 2.05) is 27.7 Å². The Balaban J connectivity index is 2.77. The van der Waals surface area contributed by atoms with Gasteiger partial charge in [-0.15, -0.1) is 0 Å². The van der Waals surface area contributed by atoms with E-state index in [4.69, 9.17) is 11.6 Å². The van der Waals surface area contributed by atoms with E-state index in [9.17, 15) is 19.5 Å². The molecular formula is C19H28ClN3O4. The molecule has 0 radical (unpaired) electrons. The first kappa shape index (κ1) is 22.8. The molecule has 0 aliphatic rings. The highest BCUT2D eigenvalue weighted by Gasteiger charge is 2.27. The summed E-state index contributed by atoms with van der Waals surface area (Å²) in [6, 6.07) is 4.18. The van der Waals surface area contributed by atoms with Gasteiger partial charge in [-0.2, -0.15) is 0 Å². The topological polar surface area (TPSA) is 108 Å². The Bertz CT molecular complexity index is 647. The molecule has 0 heterocycles. The van der Waals surface area contributed by atoms with Gasteiger partial charge >= 0.3 is 12.0 Å². The Labute approximate surface area is 164 Å². The molecule has 2 atom stereocenters. The van der Waals surface area contributed by atoms with E-state index in [2.05, 4.69) is 16.0 Å². The van der Waals surface area contributed by atoms with Crippen LogP contribution in [0.1, 0.15) is 40.5 Å². The van der Waals surface area contributed by atoms with Crippen molar-refractivity contribution in [2.45, 2.75) is 52.6 Å². The molecule has 0 unspecified atom stereocenters. The number of carbonyl (C=O) groups is 3. The highest BCUT2D eigenvalue weighted by molar-refractivity contribution is 6.30. The zero-order valence-electron chi connectivity index (χ0n) is 16.1. The Hall–Kier alpha value is -2.28. The smallest absolute Gasteiger partial charge is 0.326 e. The summed E-state index contributed by atoms with van der Waals surface area (Å²) in [6.45, 7) is 7.60. The van der Waals surface area contributed by atoms with Crippen molar-refractivity contribution in [3.8, 4) is 0 Å². The molecule has 0 aromatic heterocycles. The highest BCUT2D eigenvalue weighted by atomic mass is 35.5. The van der Waals surface area contributed by atoms with Crippen LogP contribution in [0.2, 0.25) is 5.02 Å². The lowest BCUT2D eigenvalue weighted by molar-refractivity contribution is -0.142. The molecule has 1 rings (SSSR count). The van der Waals surface area contributed by atoms with Crippen LogP contribution in [0.5, 0.6) is 0 Å². The quantitative estimate of drug-likeness (QED) is 0.511. The number of urea groups is 1. The van der Waals surface area contributed by atoms with Crippen LogP contribution in [-0.4, -0.2) is 35.1 Å². The number of carbonyl (C=O) groups excluding carboxylic acids is 2. The largest absolute Gasteiger partial charge is 0.480 e. The van der Waals surface area contributed by atoms with Crippen LogP contribution in [-0.2, 0) is 9.59 Å². The molecule has 1 aromatic rings. The number of aliphatic carboxylic acids is 1. The summed E-state index contributed by atoms with van der Waals surface area (Å²) >= 11 is 5.81. The van der Waals surface area contributed by atoms with Gasteiger partial charge in [0, 0.05) is 10.7 Å². The van der Waals surface area contributed by atoms with Gasteiger partial charge in [0.1, 0.15) is 12.1 Å². The fourth-order valence-electron chi connectivity index (χ4n) is 2.53. The summed E-state index contributed by atoms with van der Waals surface area (Å²) in [7, 11) is 0. The number of hydrogen-bond acceptors (Lipinski definition) is 3. The van der Waals surface area contributed by atoms with Gasteiger partial charge in [0.15, 0.2) is 0 Å². The fourth-order valence-corrected chi connectivity index (χ4v) is 2.65. The summed E-state index contributed by atoms with van der Waals surface area (Å²) in [6.07, 6.45) is 0.695. The maximum atomic E-state index is 12.6. The van der Waals surface area contributed by atoms with E-state index in [1.165, 1.54) is 0 Å². The molecule has 0 bridgehead atoms. The van der Waals surface area contributed by atoms with Crippen LogP contribution in [0.15, 0.2) is 24.3 Å². The maximum Gasteiger partial charge on any atom is 0.326 e. The first-order valence-electron chi connectivity index (χ1n) is 8.94. The molecule has 150 valence electrons. The molecule has 1 aromatic carbocycles. The fraction of sp³-hybridized carbons (Fsp3) is 0.526. The van der Waals surface area contributed by atoms with E-state index < -0.39 is 30.0 Å². The summed E-state index contributed by atoms with van der Waals surface area (Å²) in [5.74, 6) is -1.37. The third kappa shape index (κ3) is 8.77. The number of nitrogens with one attached hydrogen (secondary N) is 3. The van der Waals surface area contributed by atoms with Crippen molar-refractivity contribution in [3.63, 3.8) is 0 Å². The van der Waals surface area contributed by atoms with Crippen LogP contribution in [0, 0.1) is 11.8 Å². The minimum Gasteiger partial charge on any atom is -0.480 e. The SMILES string of the molecule is CC(C)C[C@H](NC(=O)Nc1ccc(Cl)cc1)C(=O)N[C@H](CC(C)C)C(=O)O. The second kappa shape index (κ2) is 10.8. The number of carboxylic acids is 1. The number of carboxylic acid groups (broad SMARTS) is 1. The third-order valence-electron chi connectivity index (χ3n) is 3.75. The van der Waals surface area contributed by atoms with Gasteiger partial charge in [0.05, 0.1) is 0 Å². The van der Waals surface area contributed by atoms with Crippen molar-refractivity contribution >= 4 is 35.2 Å². The van der Waals surface area contributed by atoms with Crippen molar-refractivity contribution in [2.24, 2.45) is 11.8 Å². The predicted octanol–water partition coefficient (Wildman–Crippen LogP) is 3.49. The summed E-state index contributed by atoms with van der Waals surface area (Å²) in [4.78, 5) is 36.2. The number of amides is 3. The minimum atomic E-state index is -1.09. The third-order valence-corrected chi connectivity index (χ3v) is 4.00. The first-order valence-corrected chi connectivity index (χ1v) is 9.32. The van der Waals surface area contributed by atoms with Crippen LogP contribution < -0.4 is 16.0 Å². The summed E-state index contributed by atoms with van der Waals surface area (Å²) in [5.41, 5.74) is 0.531. The molecule has 3 amide bonds. The van der Waals surface area contributed by atoms with Crippen molar-refractivity contribution in [1.82, 2.24) is 10.6 Å². The average Bonchev–Trinajstić information content (AvgIpc) is 2.54. The average molecular weight is 398 g/mol. The molecule has 0 aliphatic carbocycles. The Kier molecular flexibility index (Phi) is 9.08. The standard InChI is InChI=1S/C19H28ClN3O4/c1-11(2)9-15(17(24)22-16(18(25)26)10-12(3)4)23-19(27)21-14-7-5-13(20)6-8-14/h5-8,11-12,15-16H,9-10H2,1-4H3,(H,22,24)(H,25,26)(H2,21,23,27)/t15-,16+/m0/s1. The van der Waals surface area contributed by atoms with Gasteiger partial charge in [-0.05, 0) is 48.9 Å². The molecular weight excluding hydrogens is 370 g/mol. The minimum absolute atomic E-state index is 0.108. The number of halogens is 1. The molecule has 0 aliphatic heterocycles. The normalized spacial score (nSPS) is 13.1. The van der Waals surface area contributed by atoms with Crippen molar-refractivity contribution in [2.75, 3.05) is 5.32 Å². The molecule has 8 heteroatoms. The maximum absolute atomic E-state index is 12.6. The van der Waals surface area contributed by atoms with E-state index in [-0.39, 0.29) is 11.8 Å². The Morgan fingerprint density at radius 1 is 0.926 bits per heavy atom. The lowest BCUT2D eigenvalue weighted by atomic mass is 10.0. The van der Waals surface area contributed by atoms with Gasteiger partial charge < -0.3 is 21.1 Å². The zero-order valence-corrected chi connectivity index (χ0v) is 16.8. The Morgan fingerprint density at radius 2 is 1.44 bits per heavy atom. The molecule has 0 saturated carbocycles. The van der Waals surface area contributed by atoms with Gasteiger partial charge in [-0.3, -0.25) is 4.79 Å². The van der Waals surface area contributed by atoms with E-state index in [0.29, 0.717) is 23.6 Å². The number of hydrogen-bond donors (Lipinski definition) is 4. The van der Waals surface area contributed by atoms with Crippen LogP contribution in [0.4, 0.5) is 10.5 Å². The van der Waals surface area contributed by atoms with Crippen LogP contribution >= 0.6 is 11.6 Å². The molecule has 27 heavy (non-hydrogen) atoms. The Morgan fingerprint density at radius 3 is 1.93 bits per heavy atom. The molecule has 0 saturated heterocycles. The van der Waals surface area contributed by atoms with Gasteiger partial charge in [0.2, 0.25) is 5.91 Å². The van der Waals surface area contributed by atoms with Crippen LogP contribution in [0.3, 0.4) is 0 Å². The summed E-state index contributed by atoms with van der Waals surface area (Å²) < 4.78 is 0. The molecule has 0 fully saturated rings. The van der Waals surface area contributed by atoms with E-state index in [0.717, 1.165) is 0 Å². The van der Waals surface area contributed by atoms with Crippen molar-refractivity contribution in [1.29, 1.82) is 0 Å².